The van der Waals surface area contributed by atoms with Crippen molar-refractivity contribution in [2.45, 2.75) is 26.2 Å². The molecule has 0 spiro atoms. The van der Waals surface area contributed by atoms with Gasteiger partial charge in [-0.2, -0.15) is 0 Å². The molecule has 0 aromatic heterocycles. The number of amides is 1. The van der Waals surface area contributed by atoms with Crippen molar-refractivity contribution < 1.29 is 19.1 Å². The molecular weight excluding hydrogens is 222 g/mol. The van der Waals surface area contributed by atoms with Gasteiger partial charge in [-0.15, -0.1) is 0 Å². The number of carbonyl (C=O) groups excluding carboxylic acids is 2. The third-order valence-electron chi connectivity index (χ3n) is 3.82. The van der Waals surface area contributed by atoms with E-state index in [4.69, 9.17) is 9.47 Å². The van der Waals surface area contributed by atoms with Crippen molar-refractivity contribution in [1.29, 1.82) is 0 Å². The maximum atomic E-state index is 12.0. The van der Waals surface area contributed by atoms with Gasteiger partial charge in [-0.3, -0.25) is 4.79 Å². The number of methoxy groups -OCH3 is 1. The molecule has 0 aromatic carbocycles. The first-order chi connectivity index (χ1) is 8.11. The lowest BCUT2D eigenvalue weighted by atomic mass is 9.82. The minimum Gasteiger partial charge on any atom is -0.466 e. The molecule has 0 aromatic rings. The molecule has 1 amide bonds. The van der Waals surface area contributed by atoms with E-state index in [1.165, 1.54) is 7.11 Å². The molecule has 5 heteroatoms. The fourth-order valence-electron chi connectivity index (χ4n) is 3.08. The SMILES string of the molecule is CCOC(=O)C12CCC(CN(C(=O)OC)C1)C2. The van der Waals surface area contributed by atoms with E-state index in [0.29, 0.717) is 25.6 Å². The molecule has 1 heterocycles. The predicted molar refractivity (Wildman–Crippen MR) is 60.4 cm³/mol. The molecule has 5 nitrogen and oxygen atoms in total. The fourth-order valence-corrected chi connectivity index (χ4v) is 3.08. The number of fused-ring (bicyclic) bond motifs is 2. The summed E-state index contributed by atoms with van der Waals surface area (Å²) in [6, 6.07) is 0. The van der Waals surface area contributed by atoms with Crippen molar-refractivity contribution in [3.05, 3.63) is 0 Å². The van der Waals surface area contributed by atoms with Crippen molar-refractivity contribution >= 4 is 12.1 Å². The quantitative estimate of drug-likeness (QED) is 0.686. The molecule has 1 saturated heterocycles. The molecule has 2 atom stereocenters. The molecule has 2 aliphatic rings. The molecule has 96 valence electrons. The van der Waals surface area contributed by atoms with Crippen LogP contribution in [0.1, 0.15) is 26.2 Å². The second-order valence-electron chi connectivity index (χ2n) is 4.96. The Balaban J connectivity index is 2.12. The number of rotatable bonds is 2. The third kappa shape index (κ3) is 2.10. The maximum absolute atomic E-state index is 12.0. The minimum atomic E-state index is -0.479. The first-order valence-electron chi connectivity index (χ1n) is 6.11. The second kappa shape index (κ2) is 4.55. The maximum Gasteiger partial charge on any atom is 0.409 e. The van der Waals surface area contributed by atoms with Crippen LogP contribution in [-0.4, -0.2) is 43.8 Å². The Kier molecular flexibility index (Phi) is 3.26. The summed E-state index contributed by atoms with van der Waals surface area (Å²) in [4.78, 5) is 25.2. The number of hydrogen-bond donors (Lipinski definition) is 0. The van der Waals surface area contributed by atoms with E-state index in [1.807, 2.05) is 6.92 Å². The summed E-state index contributed by atoms with van der Waals surface area (Å²) in [5.41, 5.74) is -0.479. The largest absolute Gasteiger partial charge is 0.466 e. The Labute approximate surface area is 101 Å². The normalized spacial score (nSPS) is 31.2. The van der Waals surface area contributed by atoms with Gasteiger partial charge in [0, 0.05) is 13.1 Å². The average Bonchev–Trinajstić information content (AvgIpc) is 2.65. The summed E-state index contributed by atoms with van der Waals surface area (Å²) >= 11 is 0. The van der Waals surface area contributed by atoms with Crippen LogP contribution in [0, 0.1) is 11.3 Å². The summed E-state index contributed by atoms with van der Waals surface area (Å²) in [6.07, 6.45) is 2.32. The molecule has 17 heavy (non-hydrogen) atoms. The molecule has 2 bridgehead atoms. The van der Waals surface area contributed by atoms with E-state index in [-0.39, 0.29) is 12.1 Å². The molecule has 2 unspecified atom stereocenters. The van der Waals surface area contributed by atoms with Crippen LogP contribution in [0.5, 0.6) is 0 Å². The van der Waals surface area contributed by atoms with E-state index in [9.17, 15) is 9.59 Å². The molecular formula is C12H19NO4. The van der Waals surface area contributed by atoms with Gasteiger partial charge in [-0.25, -0.2) is 4.79 Å². The van der Waals surface area contributed by atoms with E-state index in [2.05, 4.69) is 0 Å². The summed E-state index contributed by atoms with van der Waals surface area (Å²) in [5.74, 6) is 0.253. The van der Waals surface area contributed by atoms with Crippen molar-refractivity contribution in [2.24, 2.45) is 11.3 Å². The van der Waals surface area contributed by atoms with Crippen LogP contribution in [0.15, 0.2) is 0 Å². The Morgan fingerprint density at radius 3 is 2.88 bits per heavy atom. The molecule has 0 N–H and O–H groups in total. The minimum absolute atomic E-state index is 0.156. The summed E-state index contributed by atoms with van der Waals surface area (Å²) in [5, 5.41) is 0. The topological polar surface area (TPSA) is 55.8 Å². The molecule has 1 aliphatic carbocycles. The summed E-state index contributed by atoms with van der Waals surface area (Å²) in [6.45, 7) is 3.34. The van der Waals surface area contributed by atoms with E-state index >= 15 is 0 Å². The van der Waals surface area contributed by atoms with Gasteiger partial charge in [0.05, 0.1) is 19.1 Å². The van der Waals surface area contributed by atoms with Crippen molar-refractivity contribution in [1.82, 2.24) is 4.90 Å². The number of esters is 1. The summed E-state index contributed by atoms with van der Waals surface area (Å²) < 4.78 is 9.88. The molecule has 2 rings (SSSR count). The highest BCUT2D eigenvalue weighted by atomic mass is 16.5. The number of nitrogens with zero attached hydrogens (tertiary/aromatic N) is 1. The van der Waals surface area contributed by atoms with Crippen LogP contribution in [0.4, 0.5) is 4.79 Å². The standard InChI is InChI=1S/C12H19NO4/c1-3-17-10(14)12-5-4-9(6-12)7-13(8-12)11(15)16-2/h9H,3-8H2,1-2H3. The highest BCUT2D eigenvalue weighted by molar-refractivity contribution is 5.79. The fraction of sp³-hybridized carbons (Fsp3) is 0.833. The monoisotopic (exact) mass is 241 g/mol. The van der Waals surface area contributed by atoms with Gasteiger partial charge in [-0.1, -0.05) is 0 Å². The highest BCUT2D eigenvalue weighted by Gasteiger charge is 2.52. The zero-order valence-corrected chi connectivity index (χ0v) is 10.4. The van der Waals surface area contributed by atoms with Crippen LogP contribution in [0.3, 0.4) is 0 Å². The smallest absolute Gasteiger partial charge is 0.409 e. The predicted octanol–water partition coefficient (Wildman–Crippen LogP) is 1.42. The number of hydrogen-bond acceptors (Lipinski definition) is 4. The zero-order chi connectivity index (χ0) is 12.5. The summed E-state index contributed by atoms with van der Waals surface area (Å²) in [7, 11) is 1.37. The second-order valence-corrected chi connectivity index (χ2v) is 4.96. The molecule has 1 saturated carbocycles. The zero-order valence-electron chi connectivity index (χ0n) is 10.4. The third-order valence-corrected chi connectivity index (χ3v) is 3.82. The van der Waals surface area contributed by atoms with Gasteiger partial charge in [0.25, 0.3) is 0 Å². The van der Waals surface area contributed by atoms with Gasteiger partial charge >= 0.3 is 12.1 Å². The average molecular weight is 241 g/mol. The van der Waals surface area contributed by atoms with Crippen LogP contribution in [0.25, 0.3) is 0 Å². The van der Waals surface area contributed by atoms with E-state index in [1.54, 1.807) is 4.90 Å². The van der Waals surface area contributed by atoms with Gasteiger partial charge in [0.2, 0.25) is 0 Å². The van der Waals surface area contributed by atoms with Crippen LogP contribution < -0.4 is 0 Å². The van der Waals surface area contributed by atoms with Crippen LogP contribution in [0.2, 0.25) is 0 Å². The highest BCUT2D eigenvalue weighted by Crippen LogP contribution is 2.47. The lowest BCUT2D eigenvalue weighted by Crippen LogP contribution is -2.49. The molecule has 2 fully saturated rings. The van der Waals surface area contributed by atoms with Gasteiger partial charge in [-0.05, 0) is 32.1 Å². The van der Waals surface area contributed by atoms with Crippen LogP contribution >= 0.6 is 0 Å². The van der Waals surface area contributed by atoms with Gasteiger partial charge < -0.3 is 14.4 Å². The van der Waals surface area contributed by atoms with Crippen molar-refractivity contribution in [3.63, 3.8) is 0 Å². The molecule has 0 radical (unpaired) electrons. The van der Waals surface area contributed by atoms with Crippen molar-refractivity contribution in [2.75, 3.05) is 26.8 Å². The number of ether oxygens (including phenoxy) is 2. The lowest BCUT2D eigenvalue weighted by molar-refractivity contribution is -0.157. The number of piperidine rings is 1. The Morgan fingerprint density at radius 1 is 1.47 bits per heavy atom. The Morgan fingerprint density at radius 2 is 2.24 bits per heavy atom. The number of likely N-dealkylation sites (tertiary alicyclic amines) is 1. The molecule has 1 aliphatic heterocycles. The van der Waals surface area contributed by atoms with Gasteiger partial charge in [0.1, 0.15) is 0 Å². The lowest BCUT2D eigenvalue weighted by Gasteiger charge is -2.37. The van der Waals surface area contributed by atoms with E-state index < -0.39 is 5.41 Å². The van der Waals surface area contributed by atoms with Gasteiger partial charge in [0.15, 0.2) is 0 Å². The number of carbonyl (C=O) groups is 2. The van der Waals surface area contributed by atoms with E-state index in [0.717, 1.165) is 19.3 Å². The Bertz CT molecular complexity index is 330. The first-order valence-corrected chi connectivity index (χ1v) is 6.11. The Hall–Kier alpha value is -1.26. The van der Waals surface area contributed by atoms with Crippen LogP contribution in [-0.2, 0) is 14.3 Å². The first kappa shape index (κ1) is 12.2. The van der Waals surface area contributed by atoms with Crippen molar-refractivity contribution in [3.8, 4) is 0 Å².